The molecule has 1 unspecified atom stereocenters. The molecular weight excluding hydrogens is 284 g/mol. The monoisotopic (exact) mass is 298 g/mol. The van der Waals surface area contributed by atoms with Gasteiger partial charge in [0.2, 0.25) is 11.7 Å². The molecule has 22 heavy (non-hydrogen) atoms. The van der Waals surface area contributed by atoms with Crippen LogP contribution in [-0.2, 0) is 0 Å². The minimum Gasteiger partial charge on any atom is -0.465 e. The van der Waals surface area contributed by atoms with Crippen molar-refractivity contribution in [2.24, 2.45) is 0 Å². The fourth-order valence-electron chi connectivity index (χ4n) is 2.63. The number of benzene rings is 1. The molecule has 7 heteroatoms. The summed E-state index contributed by atoms with van der Waals surface area (Å²) < 4.78 is 5.26. The molecule has 112 valence electrons. The van der Waals surface area contributed by atoms with Gasteiger partial charge < -0.3 is 9.63 Å². The second-order valence-corrected chi connectivity index (χ2v) is 5.14. The molecule has 0 saturated carbocycles. The summed E-state index contributed by atoms with van der Waals surface area (Å²) in [6.45, 7) is 0.474. The van der Waals surface area contributed by atoms with Crippen molar-refractivity contribution in [3.63, 3.8) is 0 Å². The molecule has 2 aromatic rings. The van der Waals surface area contributed by atoms with E-state index in [2.05, 4.69) is 16.2 Å². The number of nitrogens with zero attached hydrogens (tertiary/aromatic N) is 4. The van der Waals surface area contributed by atoms with Crippen molar-refractivity contribution < 1.29 is 14.4 Å². The molecule has 1 atom stereocenters. The van der Waals surface area contributed by atoms with Crippen LogP contribution in [0, 0.1) is 11.3 Å². The summed E-state index contributed by atoms with van der Waals surface area (Å²) in [6.07, 6.45) is 1.46. The van der Waals surface area contributed by atoms with E-state index in [1.165, 1.54) is 4.90 Å². The highest BCUT2D eigenvalue weighted by molar-refractivity contribution is 5.65. The van der Waals surface area contributed by atoms with Gasteiger partial charge in [0.1, 0.15) is 6.04 Å². The minimum atomic E-state index is -0.976. The maximum Gasteiger partial charge on any atom is 0.407 e. The third kappa shape index (κ3) is 2.63. The van der Waals surface area contributed by atoms with Gasteiger partial charge in [0.05, 0.1) is 11.6 Å². The highest BCUT2D eigenvalue weighted by Crippen LogP contribution is 2.31. The van der Waals surface area contributed by atoms with Gasteiger partial charge in [-0.05, 0) is 31.4 Å². The Morgan fingerprint density at radius 3 is 3.09 bits per heavy atom. The summed E-state index contributed by atoms with van der Waals surface area (Å²) in [5, 5.41) is 22.1. The lowest BCUT2D eigenvalue weighted by atomic mass is 10.0. The van der Waals surface area contributed by atoms with Crippen LogP contribution in [0.4, 0.5) is 4.79 Å². The Kier molecular flexibility index (Phi) is 3.74. The van der Waals surface area contributed by atoms with Gasteiger partial charge in [-0.2, -0.15) is 10.2 Å². The highest BCUT2D eigenvalue weighted by atomic mass is 16.5. The fourth-order valence-corrected chi connectivity index (χ4v) is 2.63. The molecule has 1 aliphatic rings. The number of amides is 1. The predicted octanol–water partition coefficient (Wildman–Crippen LogP) is 2.81. The summed E-state index contributed by atoms with van der Waals surface area (Å²) in [7, 11) is 0. The molecule has 0 radical (unpaired) electrons. The van der Waals surface area contributed by atoms with E-state index in [0.29, 0.717) is 35.8 Å². The van der Waals surface area contributed by atoms with Crippen molar-refractivity contribution >= 4 is 6.09 Å². The van der Waals surface area contributed by atoms with E-state index in [9.17, 15) is 9.90 Å². The van der Waals surface area contributed by atoms with Crippen LogP contribution in [-0.4, -0.2) is 32.8 Å². The molecule has 1 aromatic carbocycles. The number of nitriles is 1. The first-order valence-electron chi connectivity index (χ1n) is 7.03. The van der Waals surface area contributed by atoms with Gasteiger partial charge in [0, 0.05) is 12.1 Å². The molecular formula is C15H14N4O3. The minimum absolute atomic E-state index is 0.305. The van der Waals surface area contributed by atoms with Crippen LogP contribution in [0.3, 0.4) is 0 Å². The lowest BCUT2D eigenvalue weighted by Crippen LogP contribution is -2.37. The Bertz CT molecular complexity index is 734. The molecule has 1 N–H and O–H groups in total. The van der Waals surface area contributed by atoms with E-state index < -0.39 is 12.1 Å². The number of piperidine rings is 1. The second kappa shape index (κ2) is 5.85. The first-order valence-corrected chi connectivity index (χ1v) is 7.03. The number of aromatic nitrogens is 2. The fraction of sp³-hybridized carbons (Fsp3) is 0.333. The highest BCUT2D eigenvalue weighted by Gasteiger charge is 2.32. The van der Waals surface area contributed by atoms with Crippen LogP contribution in [0.1, 0.15) is 36.8 Å². The number of carboxylic acid groups (broad SMARTS) is 1. The molecule has 0 spiro atoms. The summed E-state index contributed by atoms with van der Waals surface area (Å²) in [5.41, 5.74) is 1.18. The van der Waals surface area contributed by atoms with Crippen LogP contribution in [0.15, 0.2) is 28.8 Å². The Morgan fingerprint density at radius 2 is 2.32 bits per heavy atom. The Morgan fingerprint density at radius 1 is 1.45 bits per heavy atom. The van der Waals surface area contributed by atoms with E-state index in [1.54, 1.807) is 24.3 Å². The molecule has 1 aromatic heterocycles. The van der Waals surface area contributed by atoms with Crippen molar-refractivity contribution in [2.75, 3.05) is 6.54 Å². The first-order chi connectivity index (χ1) is 10.7. The van der Waals surface area contributed by atoms with Gasteiger partial charge in [0.25, 0.3) is 0 Å². The molecule has 2 heterocycles. The lowest BCUT2D eigenvalue weighted by Gasteiger charge is -2.30. The SMILES string of the molecule is N#Cc1cccc(-c2noc(C3CCCCN3C(=O)O)n2)c1. The number of hydrogen-bond donors (Lipinski definition) is 1. The standard InChI is InChI=1S/C15H14N4O3/c16-9-10-4-3-5-11(8-10)13-17-14(22-18-13)12-6-1-2-7-19(12)15(20)21/h3-5,8,12H,1-2,6-7H2,(H,20,21). The molecule has 1 aliphatic heterocycles. The summed E-state index contributed by atoms with van der Waals surface area (Å²) in [4.78, 5) is 17.0. The van der Waals surface area contributed by atoms with Gasteiger partial charge in [-0.25, -0.2) is 4.79 Å². The average Bonchev–Trinajstić information content (AvgIpc) is 3.05. The summed E-state index contributed by atoms with van der Waals surface area (Å²) >= 11 is 0. The molecule has 7 nitrogen and oxygen atoms in total. The second-order valence-electron chi connectivity index (χ2n) is 5.14. The van der Waals surface area contributed by atoms with E-state index in [4.69, 9.17) is 9.78 Å². The smallest absolute Gasteiger partial charge is 0.407 e. The Hall–Kier alpha value is -2.88. The van der Waals surface area contributed by atoms with Crippen LogP contribution >= 0.6 is 0 Å². The zero-order valence-electron chi connectivity index (χ0n) is 11.8. The largest absolute Gasteiger partial charge is 0.465 e. The maximum absolute atomic E-state index is 11.3. The number of rotatable bonds is 2. The van der Waals surface area contributed by atoms with Crippen LogP contribution in [0.5, 0.6) is 0 Å². The molecule has 0 bridgehead atoms. The van der Waals surface area contributed by atoms with Crippen molar-refractivity contribution in [1.29, 1.82) is 5.26 Å². The predicted molar refractivity (Wildman–Crippen MR) is 75.8 cm³/mol. The molecule has 0 aliphatic carbocycles. The zero-order chi connectivity index (χ0) is 15.5. The van der Waals surface area contributed by atoms with Gasteiger partial charge in [-0.1, -0.05) is 17.3 Å². The van der Waals surface area contributed by atoms with E-state index in [-0.39, 0.29) is 0 Å². The van der Waals surface area contributed by atoms with E-state index in [1.807, 2.05) is 0 Å². The van der Waals surface area contributed by atoms with Crippen LogP contribution < -0.4 is 0 Å². The normalized spacial score (nSPS) is 18.0. The van der Waals surface area contributed by atoms with Gasteiger partial charge >= 0.3 is 6.09 Å². The summed E-state index contributed by atoms with van der Waals surface area (Å²) in [5.74, 6) is 0.669. The first kappa shape index (κ1) is 14.1. The third-order valence-corrected chi connectivity index (χ3v) is 3.73. The van der Waals surface area contributed by atoms with Crippen LogP contribution in [0.2, 0.25) is 0 Å². The van der Waals surface area contributed by atoms with Crippen molar-refractivity contribution in [1.82, 2.24) is 15.0 Å². The number of likely N-dealkylation sites (tertiary alicyclic amines) is 1. The summed E-state index contributed by atoms with van der Waals surface area (Å²) in [6, 6.07) is 8.55. The topological polar surface area (TPSA) is 103 Å². The third-order valence-electron chi connectivity index (χ3n) is 3.73. The van der Waals surface area contributed by atoms with E-state index >= 15 is 0 Å². The van der Waals surface area contributed by atoms with Gasteiger partial charge in [-0.3, -0.25) is 4.90 Å². The quantitative estimate of drug-likeness (QED) is 0.914. The zero-order valence-corrected chi connectivity index (χ0v) is 11.8. The molecule has 3 rings (SSSR count). The van der Waals surface area contributed by atoms with Gasteiger partial charge in [0.15, 0.2) is 0 Å². The van der Waals surface area contributed by atoms with Crippen molar-refractivity contribution in [2.45, 2.75) is 25.3 Å². The Balaban J connectivity index is 1.89. The maximum atomic E-state index is 11.3. The number of carbonyl (C=O) groups is 1. The number of hydrogen-bond acceptors (Lipinski definition) is 5. The Labute approximate surface area is 126 Å². The molecule has 1 fully saturated rings. The van der Waals surface area contributed by atoms with Crippen LogP contribution in [0.25, 0.3) is 11.4 Å². The lowest BCUT2D eigenvalue weighted by molar-refractivity contribution is 0.0932. The average molecular weight is 298 g/mol. The van der Waals surface area contributed by atoms with Crippen molar-refractivity contribution in [3.8, 4) is 17.5 Å². The molecule has 1 saturated heterocycles. The van der Waals surface area contributed by atoms with E-state index in [0.717, 1.165) is 12.8 Å². The molecule has 1 amide bonds. The van der Waals surface area contributed by atoms with Crippen molar-refractivity contribution in [3.05, 3.63) is 35.7 Å². The van der Waals surface area contributed by atoms with Gasteiger partial charge in [-0.15, -0.1) is 0 Å².